The summed E-state index contributed by atoms with van der Waals surface area (Å²) in [6.45, 7) is 6.17. The summed E-state index contributed by atoms with van der Waals surface area (Å²) >= 11 is 5.30. The van der Waals surface area contributed by atoms with Crippen LogP contribution in [0.15, 0.2) is 24.5 Å². The molecular formula is C13H15N3S. The predicted molar refractivity (Wildman–Crippen MR) is 71.5 cm³/mol. The van der Waals surface area contributed by atoms with E-state index in [9.17, 15) is 0 Å². The van der Waals surface area contributed by atoms with Gasteiger partial charge in [-0.3, -0.25) is 4.98 Å². The summed E-state index contributed by atoms with van der Waals surface area (Å²) in [6, 6.07) is 3.94. The molecule has 0 aromatic carbocycles. The lowest BCUT2D eigenvalue weighted by atomic mass is 10.1. The number of rotatable bonds is 2. The van der Waals surface area contributed by atoms with Crippen molar-refractivity contribution in [2.45, 2.75) is 26.7 Å². The highest BCUT2D eigenvalue weighted by molar-refractivity contribution is 7.71. The highest BCUT2D eigenvalue weighted by Gasteiger charge is 2.09. The number of hydrogen-bond donors (Lipinski definition) is 1. The zero-order chi connectivity index (χ0) is 12.4. The van der Waals surface area contributed by atoms with Gasteiger partial charge in [0.25, 0.3) is 0 Å². The lowest BCUT2D eigenvalue weighted by Gasteiger charge is -2.11. The largest absolute Gasteiger partial charge is 0.343 e. The molecule has 0 aliphatic carbocycles. The molecule has 1 N–H and O–H groups in total. The van der Waals surface area contributed by atoms with Gasteiger partial charge in [-0.25, -0.2) is 4.98 Å². The smallest absolute Gasteiger partial charge is 0.133 e. The Balaban J connectivity index is 2.65. The molecule has 2 aromatic heterocycles. The first-order chi connectivity index (χ1) is 8.09. The second-order valence-electron chi connectivity index (χ2n) is 4.32. The molecule has 0 spiro atoms. The number of pyridine rings is 1. The van der Waals surface area contributed by atoms with E-state index >= 15 is 0 Å². The van der Waals surface area contributed by atoms with E-state index in [2.05, 4.69) is 28.8 Å². The third-order valence-corrected chi connectivity index (χ3v) is 3.07. The van der Waals surface area contributed by atoms with Crippen LogP contribution in [0.5, 0.6) is 0 Å². The summed E-state index contributed by atoms with van der Waals surface area (Å²) in [5.41, 5.74) is 3.06. The number of hydrogen-bond acceptors (Lipinski definition) is 3. The third kappa shape index (κ3) is 2.42. The van der Waals surface area contributed by atoms with Gasteiger partial charge in [-0.2, -0.15) is 0 Å². The highest BCUT2D eigenvalue weighted by atomic mass is 32.1. The monoisotopic (exact) mass is 245 g/mol. The van der Waals surface area contributed by atoms with Crippen LogP contribution in [0.4, 0.5) is 0 Å². The average molecular weight is 245 g/mol. The lowest BCUT2D eigenvalue weighted by molar-refractivity contribution is 0.770. The van der Waals surface area contributed by atoms with Crippen LogP contribution in [0.1, 0.15) is 31.2 Å². The van der Waals surface area contributed by atoms with Gasteiger partial charge >= 0.3 is 0 Å². The Morgan fingerprint density at radius 2 is 2.12 bits per heavy atom. The SMILES string of the molecule is Cc1c(-c2cccnc2)[nH]c(C(C)C)nc1=S. The minimum atomic E-state index is 0.327. The number of aromatic amines is 1. The summed E-state index contributed by atoms with van der Waals surface area (Å²) < 4.78 is 0.659. The van der Waals surface area contributed by atoms with Gasteiger partial charge in [0.1, 0.15) is 10.5 Å². The Kier molecular flexibility index (Phi) is 3.33. The Hall–Kier alpha value is -1.55. The van der Waals surface area contributed by atoms with Crippen LogP contribution in [0.3, 0.4) is 0 Å². The van der Waals surface area contributed by atoms with Crippen LogP contribution in [-0.2, 0) is 0 Å². The minimum Gasteiger partial charge on any atom is -0.343 e. The van der Waals surface area contributed by atoms with E-state index in [4.69, 9.17) is 12.2 Å². The maximum absolute atomic E-state index is 5.30. The van der Waals surface area contributed by atoms with Gasteiger partial charge in [0, 0.05) is 29.4 Å². The van der Waals surface area contributed by atoms with Crippen LogP contribution in [-0.4, -0.2) is 15.0 Å². The zero-order valence-electron chi connectivity index (χ0n) is 10.2. The van der Waals surface area contributed by atoms with E-state index in [1.54, 1.807) is 6.20 Å². The van der Waals surface area contributed by atoms with Crippen LogP contribution in [0.25, 0.3) is 11.3 Å². The van der Waals surface area contributed by atoms with Crippen molar-refractivity contribution >= 4 is 12.2 Å². The molecule has 0 bridgehead atoms. The molecular weight excluding hydrogens is 230 g/mol. The van der Waals surface area contributed by atoms with Crippen LogP contribution in [0, 0.1) is 11.6 Å². The molecule has 2 aromatic rings. The fraction of sp³-hybridized carbons (Fsp3) is 0.308. The van der Waals surface area contributed by atoms with E-state index in [0.717, 1.165) is 22.6 Å². The van der Waals surface area contributed by atoms with Gasteiger partial charge in [-0.15, -0.1) is 0 Å². The van der Waals surface area contributed by atoms with Crippen molar-refractivity contribution in [1.29, 1.82) is 0 Å². The van der Waals surface area contributed by atoms with Gasteiger partial charge in [-0.1, -0.05) is 26.1 Å². The maximum Gasteiger partial charge on any atom is 0.133 e. The normalized spacial score (nSPS) is 10.8. The first-order valence-electron chi connectivity index (χ1n) is 5.61. The van der Waals surface area contributed by atoms with Gasteiger partial charge in [-0.05, 0) is 19.1 Å². The van der Waals surface area contributed by atoms with Crippen molar-refractivity contribution in [1.82, 2.24) is 15.0 Å². The van der Waals surface area contributed by atoms with E-state index in [0.29, 0.717) is 10.6 Å². The zero-order valence-corrected chi connectivity index (χ0v) is 11.0. The lowest BCUT2D eigenvalue weighted by Crippen LogP contribution is -2.02. The van der Waals surface area contributed by atoms with Gasteiger partial charge in [0.05, 0.1) is 5.69 Å². The Morgan fingerprint density at radius 3 is 2.71 bits per heavy atom. The third-order valence-electron chi connectivity index (χ3n) is 2.67. The van der Waals surface area contributed by atoms with Crippen LogP contribution in [0.2, 0.25) is 0 Å². The van der Waals surface area contributed by atoms with Crippen molar-refractivity contribution in [3.05, 3.63) is 40.6 Å². The molecule has 0 saturated carbocycles. The standard InChI is InChI=1S/C13H15N3S/c1-8(2)12-15-11(9(3)13(17)16-12)10-5-4-6-14-7-10/h4-8H,1-3H3,(H,15,16,17). The van der Waals surface area contributed by atoms with Crippen molar-refractivity contribution in [2.75, 3.05) is 0 Å². The molecule has 0 fully saturated rings. The molecule has 4 heteroatoms. The van der Waals surface area contributed by atoms with E-state index in [1.807, 2.05) is 25.3 Å². The number of nitrogens with zero attached hydrogens (tertiary/aromatic N) is 2. The summed E-state index contributed by atoms with van der Waals surface area (Å²) in [4.78, 5) is 11.9. The molecule has 17 heavy (non-hydrogen) atoms. The Bertz CT molecular complexity index is 573. The molecule has 2 rings (SSSR count). The average Bonchev–Trinajstić information content (AvgIpc) is 2.33. The molecule has 88 valence electrons. The Labute approximate surface area is 106 Å². The Morgan fingerprint density at radius 1 is 1.35 bits per heavy atom. The molecule has 2 heterocycles. The molecule has 0 saturated heterocycles. The number of nitrogens with one attached hydrogen (secondary N) is 1. The maximum atomic E-state index is 5.30. The second-order valence-corrected chi connectivity index (χ2v) is 4.71. The van der Waals surface area contributed by atoms with E-state index in [1.165, 1.54) is 0 Å². The van der Waals surface area contributed by atoms with Gasteiger partial charge in [0.2, 0.25) is 0 Å². The van der Waals surface area contributed by atoms with Crippen LogP contribution < -0.4 is 0 Å². The van der Waals surface area contributed by atoms with Crippen molar-refractivity contribution in [3.63, 3.8) is 0 Å². The minimum absolute atomic E-state index is 0.327. The van der Waals surface area contributed by atoms with Crippen LogP contribution >= 0.6 is 12.2 Å². The van der Waals surface area contributed by atoms with Gasteiger partial charge < -0.3 is 4.98 Å². The summed E-state index contributed by atoms with van der Waals surface area (Å²) in [7, 11) is 0. The molecule has 3 nitrogen and oxygen atoms in total. The highest BCUT2D eigenvalue weighted by Crippen LogP contribution is 2.22. The molecule has 0 amide bonds. The number of H-pyrrole nitrogens is 1. The number of aromatic nitrogens is 3. The summed E-state index contributed by atoms with van der Waals surface area (Å²) in [6.07, 6.45) is 3.59. The first-order valence-corrected chi connectivity index (χ1v) is 6.01. The fourth-order valence-corrected chi connectivity index (χ4v) is 1.82. The van der Waals surface area contributed by atoms with E-state index in [-0.39, 0.29) is 0 Å². The van der Waals surface area contributed by atoms with Crippen molar-refractivity contribution < 1.29 is 0 Å². The second kappa shape index (κ2) is 4.75. The summed E-state index contributed by atoms with van der Waals surface area (Å²) in [5.74, 6) is 1.24. The fourth-order valence-electron chi connectivity index (χ4n) is 1.62. The predicted octanol–water partition coefficient (Wildman–Crippen LogP) is 3.63. The molecule has 0 aliphatic heterocycles. The van der Waals surface area contributed by atoms with Crippen molar-refractivity contribution in [2.24, 2.45) is 0 Å². The molecule has 0 unspecified atom stereocenters. The quantitative estimate of drug-likeness (QED) is 0.821. The molecule has 0 atom stereocenters. The molecule has 0 radical (unpaired) electrons. The van der Waals surface area contributed by atoms with Crippen molar-refractivity contribution in [3.8, 4) is 11.3 Å². The molecule has 0 aliphatic rings. The van der Waals surface area contributed by atoms with Gasteiger partial charge in [0.15, 0.2) is 0 Å². The first kappa shape index (κ1) is 11.9. The topological polar surface area (TPSA) is 41.6 Å². The van der Waals surface area contributed by atoms with E-state index < -0.39 is 0 Å². The summed E-state index contributed by atoms with van der Waals surface area (Å²) in [5, 5.41) is 0.